The van der Waals surface area contributed by atoms with Crippen LogP contribution in [0.1, 0.15) is 32.3 Å². The fourth-order valence-corrected chi connectivity index (χ4v) is 2.92. The molecule has 0 aliphatic carbocycles. The largest absolute Gasteiger partial charge is 0.398 e. The van der Waals surface area contributed by atoms with Crippen molar-refractivity contribution in [2.75, 3.05) is 11.5 Å². The Morgan fingerprint density at radius 1 is 1.27 bits per heavy atom. The molecule has 0 amide bonds. The highest BCUT2D eigenvalue weighted by Crippen LogP contribution is 2.28. The zero-order chi connectivity index (χ0) is 11.3. The van der Waals surface area contributed by atoms with Gasteiger partial charge in [-0.3, -0.25) is 0 Å². The van der Waals surface area contributed by atoms with Crippen molar-refractivity contribution in [1.82, 2.24) is 0 Å². The van der Waals surface area contributed by atoms with Crippen LogP contribution in [-0.2, 0) is 0 Å². The molecule has 1 rings (SSSR count). The van der Waals surface area contributed by atoms with E-state index >= 15 is 0 Å². The van der Waals surface area contributed by atoms with E-state index in [0.29, 0.717) is 0 Å². The maximum Gasteiger partial charge on any atom is 0.0354 e. The number of nitrogen functional groups attached to an aromatic ring is 1. The molecule has 0 saturated carbocycles. The molecule has 0 atom stereocenters. The van der Waals surface area contributed by atoms with Crippen molar-refractivity contribution in [3.63, 3.8) is 0 Å². The molecule has 0 aromatic heterocycles. The lowest BCUT2D eigenvalue weighted by molar-refractivity contribution is 0.554. The van der Waals surface area contributed by atoms with E-state index in [9.17, 15) is 0 Å². The Bertz CT molecular complexity index is 305. The molecular weight excluding hydrogens is 202 g/mol. The minimum Gasteiger partial charge on any atom is -0.398 e. The van der Waals surface area contributed by atoms with E-state index in [4.69, 9.17) is 5.73 Å². The molecule has 1 nitrogen and oxygen atoms in total. The number of anilines is 1. The Balaban J connectivity index is 2.61. The lowest BCUT2D eigenvalue weighted by Gasteiger charge is -2.13. The van der Waals surface area contributed by atoms with Crippen LogP contribution in [0.2, 0.25) is 0 Å². The van der Waals surface area contributed by atoms with Gasteiger partial charge in [-0.1, -0.05) is 32.8 Å². The van der Waals surface area contributed by atoms with E-state index in [-0.39, 0.29) is 0 Å². The lowest BCUT2D eigenvalue weighted by Crippen LogP contribution is -2.00. The molecule has 0 radical (unpaired) electrons. The number of benzene rings is 1. The first-order valence-corrected chi connectivity index (χ1v) is 6.65. The first kappa shape index (κ1) is 12.4. The van der Waals surface area contributed by atoms with Crippen LogP contribution in [0.25, 0.3) is 0 Å². The number of hydrogen-bond donors (Lipinski definition) is 1. The van der Waals surface area contributed by atoms with Crippen LogP contribution >= 0.6 is 11.8 Å². The molecule has 2 N–H and O–H groups in total. The van der Waals surface area contributed by atoms with Crippen molar-refractivity contribution < 1.29 is 0 Å². The highest BCUT2D eigenvalue weighted by molar-refractivity contribution is 7.99. The predicted octanol–water partition coefficient (Wildman–Crippen LogP) is 4.11. The molecule has 15 heavy (non-hydrogen) atoms. The Morgan fingerprint density at radius 2 is 1.93 bits per heavy atom. The van der Waals surface area contributed by atoms with E-state index in [1.54, 1.807) is 0 Å². The molecule has 2 heteroatoms. The summed E-state index contributed by atoms with van der Waals surface area (Å²) >= 11 is 1.94. The second-order valence-electron chi connectivity index (χ2n) is 3.96. The van der Waals surface area contributed by atoms with Crippen molar-refractivity contribution in [3.05, 3.63) is 23.8 Å². The normalized spacial score (nSPS) is 10.9. The lowest BCUT2D eigenvalue weighted by atomic mass is 10.1. The molecule has 84 valence electrons. The minimum absolute atomic E-state index is 0.829. The van der Waals surface area contributed by atoms with Gasteiger partial charge in [-0.05, 0) is 30.5 Å². The average molecular weight is 223 g/mol. The monoisotopic (exact) mass is 223 g/mol. The van der Waals surface area contributed by atoms with Gasteiger partial charge in [0.2, 0.25) is 0 Å². The highest BCUT2D eigenvalue weighted by atomic mass is 32.2. The molecule has 0 aliphatic rings. The number of rotatable bonds is 5. The summed E-state index contributed by atoms with van der Waals surface area (Å²) in [4.78, 5) is 1.34. The predicted molar refractivity (Wildman–Crippen MR) is 70.4 cm³/mol. The summed E-state index contributed by atoms with van der Waals surface area (Å²) in [6, 6.07) is 6.17. The van der Waals surface area contributed by atoms with Crippen LogP contribution < -0.4 is 5.73 Å². The van der Waals surface area contributed by atoms with E-state index < -0.39 is 0 Å². The number of hydrogen-bond acceptors (Lipinski definition) is 2. The molecular formula is C13H21NS. The van der Waals surface area contributed by atoms with Crippen LogP contribution in [0.15, 0.2) is 23.1 Å². The van der Waals surface area contributed by atoms with E-state index in [2.05, 4.69) is 26.8 Å². The van der Waals surface area contributed by atoms with Gasteiger partial charge < -0.3 is 5.73 Å². The Morgan fingerprint density at radius 3 is 2.53 bits per heavy atom. The third-order valence-electron chi connectivity index (χ3n) is 2.96. The van der Waals surface area contributed by atoms with Crippen LogP contribution in [0.5, 0.6) is 0 Å². The van der Waals surface area contributed by atoms with Gasteiger partial charge in [0.25, 0.3) is 0 Å². The second-order valence-corrected chi connectivity index (χ2v) is 5.03. The molecule has 0 unspecified atom stereocenters. The molecule has 0 fully saturated rings. The summed E-state index contributed by atoms with van der Waals surface area (Å²) in [6.45, 7) is 6.63. The third-order valence-corrected chi connectivity index (χ3v) is 4.35. The van der Waals surface area contributed by atoms with Crippen LogP contribution in [0.4, 0.5) is 5.69 Å². The van der Waals surface area contributed by atoms with Gasteiger partial charge in [-0.15, -0.1) is 11.8 Å². The average Bonchev–Trinajstić information content (AvgIpc) is 2.25. The quantitative estimate of drug-likeness (QED) is 0.600. The van der Waals surface area contributed by atoms with Crippen molar-refractivity contribution in [2.24, 2.45) is 5.92 Å². The standard InChI is InChI=1S/C13H21NS/c1-4-11(5-2)9-15-13-8-6-7-12(14)10(13)3/h6-8,11H,4-5,9,14H2,1-3H3. The fourth-order valence-electron chi connectivity index (χ4n) is 1.52. The summed E-state index contributed by atoms with van der Waals surface area (Å²) in [5.74, 6) is 2.04. The molecule has 1 aromatic carbocycles. The number of nitrogens with two attached hydrogens (primary N) is 1. The highest BCUT2D eigenvalue weighted by Gasteiger charge is 2.06. The Labute approximate surface area is 97.4 Å². The first-order valence-electron chi connectivity index (χ1n) is 5.66. The van der Waals surface area contributed by atoms with E-state index in [0.717, 1.165) is 11.6 Å². The minimum atomic E-state index is 0.829. The molecule has 0 saturated heterocycles. The van der Waals surface area contributed by atoms with Gasteiger partial charge in [-0.2, -0.15) is 0 Å². The number of thioether (sulfide) groups is 1. The summed E-state index contributed by atoms with van der Waals surface area (Å²) < 4.78 is 0. The van der Waals surface area contributed by atoms with Crippen molar-refractivity contribution in [3.8, 4) is 0 Å². The third kappa shape index (κ3) is 3.45. The zero-order valence-electron chi connectivity index (χ0n) is 9.92. The van der Waals surface area contributed by atoms with Crippen molar-refractivity contribution in [1.29, 1.82) is 0 Å². The zero-order valence-corrected chi connectivity index (χ0v) is 10.7. The SMILES string of the molecule is CCC(CC)CSc1cccc(N)c1C. The van der Waals surface area contributed by atoms with Crippen molar-refractivity contribution in [2.45, 2.75) is 38.5 Å². The molecule has 0 spiro atoms. The van der Waals surface area contributed by atoms with Crippen LogP contribution in [-0.4, -0.2) is 5.75 Å². The summed E-state index contributed by atoms with van der Waals surface area (Å²) in [6.07, 6.45) is 2.54. The molecule has 1 aromatic rings. The summed E-state index contributed by atoms with van der Waals surface area (Å²) in [7, 11) is 0. The van der Waals surface area contributed by atoms with Gasteiger partial charge in [0, 0.05) is 16.3 Å². The maximum absolute atomic E-state index is 5.88. The van der Waals surface area contributed by atoms with Crippen LogP contribution in [0, 0.1) is 12.8 Å². The van der Waals surface area contributed by atoms with Gasteiger partial charge in [-0.25, -0.2) is 0 Å². The molecule has 0 bridgehead atoms. The topological polar surface area (TPSA) is 26.0 Å². The smallest absolute Gasteiger partial charge is 0.0354 e. The molecule has 0 aliphatic heterocycles. The summed E-state index contributed by atoms with van der Waals surface area (Å²) in [5, 5.41) is 0. The molecule has 0 heterocycles. The maximum atomic E-state index is 5.88. The van der Waals surface area contributed by atoms with Gasteiger partial charge >= 0.3 is 0 Å². The van der Waals surface area contributed by atoms with E-state index in [1.807, 2.05) is 23.9 Å². The van der Waals surface area contributed by atoms with Crippen LogP contribution in [0.3, 0.4) is 0 Å². The fraction of sp³-hybridized carbons (Fsp3) is 0.538. The van der Waals surface area contributed by atoms with Gasteiger partial charge in [0.05, 0.1) is 0 Å². The summed E-state index contributed by atoms with van der Waals surface area (Å²) in [5.41, 5.74) is 8.02. The van der Waals surface area contributed by atoms with Gasteiger partial charge in [0.15, 0.2) is 0 Å². The van der Waals surface area contributed by atoms with Crippen molar-refractivity contribution >= 4 is 17.4 Å². The van der Waals surface area contributed by atoms with E-state index in [1.165, 1.54) is 29.1 Å². The van der Waals surface area contributed by atoms with Gasteiger partial charge in [0.1, 0.15) is 0 Å². The Kier molecular flexibility index (Phi) is 5.03. The Hall–Kier alpha value is -0.630. The second kappa shape index (κ2) is 6.06. The first-order chi connectivity index (χ1) is 7.19.